The average Bonchev–Trinajstić information content (AvgIpc) is 3.27. The highest BCUT2D eigenvalue weighted by atomic mass is 79.9. The van der Waals surface area contributed by atoms with E-state index in [0.29, 0.717) is 6.54 Å². The summed E-state index contributed by atoms with van der Waals surface area (Å²) in [5, 5.41) is 3.09. The van der Waals surface area contributed by atoms with Gasteiger partial charge in [-0.15, -0.1) is 0 Å². The number of nitrogens with one attached hydrogen (secondary N) is 1. The zero-order valence-electron chi connectivity index (χ0n) is 15.6. The first-order valence-electron chi connectivity index (χ1n) is 9.56. The number of pyridine rings is 1. The molecule has 1 aliphatic heterocycles. The first kappa shape index (κ1) is 18.7. The van der Waals surface area contributed by atoms with Crippen LogP contribution < -0.4 is 10.2 Å². The summed E-state index contributed by atoms with van der Waals surface area (Å²) in [6, 6.07) is 16.1. The van der Waals surface area contributed by atoms with Gasteiger partial charge < -0.3 is 14.8 Å². The van der Waals surface area contributed by atoms with Crippen molar-refractivity contribution in [2.75, 3.05) is 18.0 Å². The van der Waals surface area contributed by atoms with Crippen LogP contribution in [0.2, 0.25) is 0 Å². The number of piperidine rings is 1. The lowest BCUT2D eigenvalue weighted by Gasteiger charge is -2.33. The minimum absolute atomic E-state index is 0.0575. The number of nitrogens with zero attached hydrogens (tertiary/aromatic N) is 3. The molecule has 6 heteroatoms. The Balaban J connectivity index is 1.36. The van der Waals surface area contributed by atoms with Crippen LogP contribution in [0, 0.1) is 5.92 Å². The summed E-state index contributed by atoms with van der Waals surface area (Å²) < 4.78 is 3.11. The molecule has 1 aromatic carbocycles. The second-order valence-electron chi connectivity index (χ2n) is 7.05. The van der Waals surface area contributed by atoms with E-state index in [-0.39, 0.29) is 11.8 Å². The van der Waals surface area contributed by atoms with Gasteiger partial charge in [-0.05, 0) is 54.8 Å². The van der Waals surface area contributed by atoms with Crippen molar-refractivity contribution in [2.24, 2.45) is 5.92 Å². The number of carbonyl (C=O) groups excluding carboxylic acids is 1. The van der Waals surface area contributed by atoms with Crippen LogP contribution in [-0.2, 0) is 11.3 Å². The molecule has 5 nitrogen and oxygen atoms in total. The van der Waals surface area contributed by atoms with Crippen LogP contribution in [0.15, 0.2) is 71.6 Å². The van der Waals surface area contributed by atoms with Crippen LogP contribution in [-0.4, -0.2) is 28.5 Å². The molecule has 1 fully saturated rings. The molecule has 144 valence electrons. The van der Waals surface area contributed by atoms with Crippen molar-refractivity contribution in [3.05, 3.63) is 77.2 Å². The van der Waals surface area contributed by atoms with Crippen LogP contribution in [0.25, 0.3) is 5.69 Å². The van der Waals surface area contributed by atoms with Crippen molar-refractivity contribution in [1.29, 1.82) is 0 Å². The van der Waals surface area contributed by atoms with E-state index in [1.807, 2.05) is 61.1 Å². The van der Waals surface area contributed by atoms with E-state index in [0.717, 1.165) is 47.5 Å². The van der Waals surface area contributed by atoms with Gasteiger partial charge in [-0.1, -0.05) is 28.1 Å². The number of carbonyl (C=O) groups is 1. The van der Waals surface area contributed by atoms with Gasteiger partial charge >= 0.3 is 0 Å². The van der Waals surface area contributed by atoms with E-state index in [1.165, 1.54) is 0 Å². The molecule has 0 aliphatic carbocycles. The second kappa shape index (κ2) is 8.61. The molecule has 0 spiro atoms. The predicted octanol–water partition coefficient (Wildman–Crippen LogP) is 4.17. The van der Waals surface area contributed by atoms with Crippen molar-refractivity contribution < 1.29 is 4.79 Å². The van der Waals surface area contributed by atoms with Gasteiger partial charge in [0, 0.05) is 48.6 Å². The Kier molecular flexibility index (Phi) is 5.76. The SMILES string of the molecule is O=C(NCc1cccc(Br)c1)C1CCN(c2ncccc2-n2cccc2)CC1. The Morgan fingerprint density at radius 2 is 1.89 bits per heavy atom. The molecule has 0 bridgehead atoms. The van der Waals surface area contributed by atoms with Gasteiger partial charge in [0.1, 0.15) is 0 Å². The molecule has 3 aromatic rings. The number of rotatable bonds is 5. The first-order valence-corrected chi connectivity index (χ1v) is 10.4. The van der Waals surface area contributed by atoms with E-state index in [1.54, 1.807) is 0 Å². The van der Waals surface area contributed by atoms with Gasteiger partial charge in [-0.2, -0.15) is 0 Å². The standard InChI is InChI=1S/C22H23BrN4O/c23-19-6-3-5-17(15-19)16-25-22(28)18-8-13-27(14-9-18)21-20(7-4-10-24-21)26-11-1-2-12-26/h1-7,10-12,15,18H,8-9,13-14,16H2,(H,25,28). The minimum atomic E-state index is 0.0575. The molecule has 1 saturated heterocycles. The van der Waals surface area contributed by atoms with E-state index in [2.05, 4.69) is 41.8 Å². The third kappa shape index (κ3) is 4.28. The number of amides is 1. The van der Waals surface area contributed by atoms with Gasteiger partial charge in [0.2, 0.25) is 5.91 Å². The minimum Gasteiger partial charge on any atom is -0.355 e. The zero-order valence-corrected chi connectivity index (χ0v) is 17.2. The molecular formula is C22H23BrN4O. The lowest BCUT2D eigenvalue weighted by Crippen LogP contribution is -2.41. The van der Waals surface area contributed by atoms with Gasteiger partial charge in [-0.3, -0.25) is 4.79 Å². The van der Waals surface area contributed by atoms with Crippen molar-refractivity contribution in [1.82, 2.24) is 14.9 Å². The number of aromatic nitrogens is 2. The van der Waals surface area contributed by atoms with E-state index >= 15 is 0 Å². The Bertz CT molecular complexity index is 933. The highest BCUT2D eigenvalue weighted by Crippen LogP contribution is 2.27. The van der Waals surface area contributed by atoms with E-state index < -0.39 is 0 Å². The van der Waals surface area contributed by atoms with E-state index in [4.69, 9.17) is 0 Å². The van der Waals surface area contributed by atoms with Crippen LogP contribution in [0.3, 0.4) is 0 Å². The highest BCUT2D eigenvalue weighted by Gasteiger charge is 2.26. The second-order valence-corrected chi connectivity index (χ2v) is 7.96. The van der Waals surface area contributed by atoms with E-state index in [9.17, 15) is 4.79 Å². The molecule has 2 aromatic heterocycles. The molecule has 1 aliphatic rings. The smallest absolute Gasteiger partial charge is 0.223 e. The normalized spacial score (nSPS) is 14.8. The quantitative estimate of drug-likeness (QED) is 0.650. The molecule has 0 radical (unpaired) electrons. The fraction of sp³-hybridized carbons (Fsp3) is 0.273. The van der Waals surface area contributed by atoms with Crippen LogP contribution in [0.4, 0.5) is 5.82 Å². The van der Waals surface area contributed by atoms with Gasteiger partial charge in [0.25, 0.3) is 0 Å². The lowest BCUT2D eigenvalue weighted by molar-refractivity contribution is -0.125. The lowest BCUT2D eigenvalue weighted by atomic mass is 9.95. The summed E-state index contributed by atoms with van der Waals surface area (Å²) >= 11 is 3.47. The van der Waals surface area contributed by atoms with Gasteiger partial charge in [0.05, 0.1) is 5.69 Å². The van der Waals surface area contributed by atoms with Crippen molar-refractivity contribution >= 4 is 27.7 Å². The fourth-order valence-corrected chi connectivity index (χ4v) is 4.11. The third-order valence-corrected chi connectivity index (χ3v) is 5.66. The molecule has 4 rings (SSSR count). The Labute approximate surface area is 173 Å². The number of benzene rings is 1. The topological polar surface area (TPSA) is 50.2 Å². The molecule has 0 unspecified atom stereocenters. The summed E-state index contributed by atoms with van der Waals surface area (Å²) in [7, 11) is 0. The summed E-state index contributed by atoms with van der Waals surface area (Å²) in [5.74, 6) is 1.18. The number of hydrogen-bond donors (Lipinski definition) is 1. The van der Waals surface area contributed by atoms with Crippen LogP contribution >= 0.6 is 15.9 Å². The summed E-state index contributed by atoms with van der Waals surface area (Å²) in [6.07, 6.45) is 7.57. The largest absolute Gasteiger partial charge is 0.355 e. The maximum atomic E-state index is 12.6. The molecule has 3 heterocycles. The zero-order chi connectivity index (χ0) is 19.3. The maximum Gasteiger partial charge on any atom is 0.223 e. The number of anilines is 1. The summed E-state index contributed by atoms with van der Waals surface area (Å²) in [6.45, 7) is 2.23. The molecule has 1 amide bonds. The molecule has 28 heavy (non-hydrogen) atoms. The Morgan fingerprint density at radius 3 is 2.64 bits per heavy atom. The summed E-state index contributed by atoms with van der Waals surface area (Å²) in [4.78, 5) is 19.5. The highest BCUT2D eigenvalue weighted by molar-refractivity contribution is 9.10. The fourth-order valence-electron chi connectivity index (χ4n) is 3.66. The Morgan fingerprint density at radius 1 is 1.11 bits per heavy atom. The Hall–Kier alpha value is -2.60. The monoisotopic (exact) mass is 438 g/mol. The average molecular weight is 439 g/mol. The van der Waals surface area contributed by atoms with Crippen molar-refractivity contribution in [3.8, 4) is 5.69 Å². The molecule has 1 N–H and O–H groups in total. The molecule has 0 saturated carbocycles. The van der Waals surface area contributed by atoms with Crippen molar-refractivity contribution in [3.63, 3.8) is 0 Å². The van der Waals surface area contributed by atoms with Gasteiger partial charge in [-0.25, -0.2) is 4.98 Å². The van der Waals surface area contributed by atoms with Crippen molar-refractivity contribution in [2.45, 2.75) is 19.4 Å². The molecular weight excluding hydrogens is 416 g/mol. The summed E-state index contributed by atoms with van der Waals surface area (Å²) in [5.41, 5.74) is 2.18. The first-order chi connectivity index (χ1) is 13.7. The third-order valence-electron chi connectivity index (χ3n) is 5.17. The number of halogens is 1. The predicted molar refractivity (Wildman–Crippen MR) is 114 cm³/mol. The van der Waals surface area contributed by atoms with Crippen LogP contribution in [0.5, 0.6) is 0 Å². The van der Waals surface area contributed by atoms with Crippen LogP contribution in [0.1, 0.15) is 18.4 Å². The molecule has 0 atom stereocenters. The maximum absolute atomic E-state index is 12.6. The van der Waals surface area contributed by atoms with Gasteiger partial charge in [0.15, 0.2) is 5.82 Å². The number of hydrogen-bond acceptors (Lipinski definition) is 3.